The van der Waals surface area contributed by atoms with E-state index in [0.29, 0.717) is 13.2 Å². The van der Waals surface area contributed by atoms with Gasteiger partial charge >= 0.3 is 0 Å². The van der Waals surface area contributed by atoms with Crippen LogP contribution in [0.1, 0.15) is 32.3 Å². The standard InChI is InChI=1S/C14H20BrNO2S/c1-11(2)19(17)16-14(6-8-18-9-7-14)12-4-3-5-13(15)10-12/h3-5,10-11,16H,6-9H2,1-2H3. The van der Waals surface area contributed by atoms with Crippen LogP contribution in [0.25, 0.3) is 0 Å². The molecule has 5 heteroatoms. The Morgan fingerprint density at radius 2 is 2.05 bits per heavy atom. The first-order valence-electron chi connectivity index (χ1n) is 6.56. The zero-order valence-electron chi connectivity index (χ0n) is 11.3. The van der Waals surface area contributed by atoms with Crippen LogP contribution in [0.15, 0.2) is 28.7 Å². The molecular weight excluding hydrogens is 326 g/mol. The summed E-state index contributed by atoms with van der Waals surface area (Å²) in [6.07, 6.45) is 1.70. The predicted molar refractivity (Wildman–Crippen MR) is 82.3 cm³/mol. The highest BCUT2D eigenvalue weighted by Gasteiger charge is 2.36. The summed E-state index contributed by atoms with van der Waals surface area (Å²) in [6.45, 7) is 5.34. The third-order valence-corrected chi connectivity index (χ3v) is 5.39. The van der Waals surface area contributed by atoms with Gasteiger partial charge in [0.1, 0.15) is 0 Å². The van der Waals surface area contributed by atoms with E-state index in [9.17, 15) is 4.21 Å². The molecule has 0 aromatic heterocycles. The molecule has 0 radical (unpaired) electrons. The molecule has 0 amide bonds. The lowest BCUT2D eigenvalue weighted by Gasteiger charge is -2.38. The van der Waals surface area contributed by atoms with Crippen molar-refractivity contribution in [1.29, 1.82) is 0 Å². The largest absolute Gasteiger partial charge is 0.381 e. The third-order valence-electron chi connectivity index (χ3n) is 3.45. The molecule has 0 bridgehead atoms. The lowest BCUT2D eigenvalue weighted by atomic mass is 9.84. The number of rotatable bonds is 4. The van der Waals surface area contributed by atoms with E-state index in [0.717, 1.165) is 17.3 Å². The van der Waals surface area contributed by atoms with Gasteiger partial charge in [-0.3, -0.25) is 0 Å². The summed E-state index contributed by atoms with van der Waals surface area (Å²) in [5.41, 5.74) is 0.941. The van der Waals surface area contributed by atoms with Crippen molar-refractivity contribution >= 4 is 26.9 Å². The van der Waals surface area contributed by atoms with Crippen molar-refractivity contribution < 1.29 is 8.95 Å². The Morgan fingerprint density at radius 3 is 2.63 bits per heavy atom. The fraction of sp³-hybridized carbons (Fsp3) is 0.571. The summed E-state index contributed by atoms with van der Waals surface area (Å²) < 4.78 is 22.1. The summed E-state index contributed by atoms with van der Waals surface area (Å²) in [7, 11) is -1.04. The Bertz CT molecular complexity index is 459. The van der Waals surface area contributed by atoms with Crippen LogP contribution in [0.3, 0.4) is 0 Å². The summed E-state index contributed by atoms with van der Waals surface area (Å²) in [4.78, 5) is 0. The van der Waals surface area contributed by atoms with Crippen LogP contribution in [-0.4, -0.2) is 22.7 Å². The Labute approximate surface area is 125 Å². The summed E-state index contributed by atoms with van der Waals surface area (Å²) in [5, 5.41) is 0.104. The van der Waals surface area contributed by atoms with E-state index in [-0.39, 0.29) is 10.8 Å². The number of benzene rings is 1. The average Bonchev–Trinajstić information content (AvgIpc) is 2.39. The second kappa shape index (κ2) is 6.48. The normalized spacial score (nSPS) is 20.4. The minimum atomic E-state index is -1.04. The van der Waals surface area contributed by atoms with Gasteiger partial charge in [-0.25, -0.2) is 8.93 Å². The number of nitrogens with one attached hydrogen (secondary N) is 1. The number of halogens is 1. The van der Waals surface area contributed by atoms with Gasteiger partial charge < -0.3 is 4.74 Å². The van der Waals surface area contributed by atoms with Crippen LogP contribution in [0.4, 0.5) is 0 Å². The molecule has 0 saturated carbocycles. The van der Waals surface area contributed by atoms with E-state index in [1.54, 1.807) is 0 Å². The lowest BCUT2D eigenvalue weighted by molar-refractivity contribution is 0.0463. The minimum Gasteiger partial charge on any atom is -0.381 e. The van der Waals surface area contributed by atoms with Gasteiger partial charge in [-0.2, -0.15) is 0 Å². The molecule has 2 rings (SSSR count). The van der Waals surface area contributed by atoms with Gasteiger partial charge in [0.15, 0.2) is 0 Å². The van der Waals surface area contributed by atoms with Crippen LogP contribution in [0, 0.1) is 0 Å². The Hall–Kier alpha value is -0.230. The molecule has 1 aliphatic heterocycles. The molecule has 1 atom stereocenters. The van der Waals surface area contributed by atoms with Crippen molar-refractivity contribution in [3.05, 3.63) is 34.3 Å². The van der Waals surface area contributed by atoms with E-state index >= 15 is 0 Å². The monoisotopic (exact) mass is 345 g/mol. The Balaban J connectivity index is 2.31. The molecular formula is C14H20BrNO2S. The number of ether oxygens (including phenoxy) is 1. The zero-order valence-corrected chi connectivity index (χ0v) is 13.7. The molecule has 3 nitrogen and oxygen atoms in total. The van der Waals surface area contributed by atoms with E-state index in [4.69, 9.17) is 4.74 Å². The lowest BCUT2D eigenvalue weighted by Crippen LogP contribution is -2.48. The SMILES string of the molecule is CC(C)S(=O)NC1(c2cccc(Br)c2)CCOCC1. The molecule has 0 spiro atoms. The molecule has 1 fully saturated rings. The topological polar surface area (TPSA) is 38.3 Å². The van der Waals surface area contributed by atoms with Gasteiger partial charge in [0.05, 0.1) is 16.5 Å². The van der Waals surface area contributed by atoms with Crippen molar-refractivity contribution in [1.82, 2.24) is 4.72 Å². The molecule has 19 heavy (non-hydrogen) atoms. The first-order chi connectivity index (χ1) is 9.03. The fourth-order valence-electron chi connectivity index (χ4n) is 2.27. The van der Waals surface area contributed by atoms with Gasteiger partial charge in [-0.15, -0.1) is 0 Å². The summed E-state index contributed by atoms with van der Waals surface area (Å²) in [5.74, 6) is 0. The van der Waals surface area contributed by atoms with Crippen LogP contribution >= 0.6 is 15.9 Å². The molecule has 106 valence electrons. The highest BCUT2D eigenvalue weighted by atomic mass is 79.9. The summed E-state index contributed by atoms with van der Waals surface area (Å²) in [6, 6.07) is 8.24. The Morgan fingerprint density at radius 1 is 1.37 bits per heavy atom. The van der Waals surface area contributed by atoms with Crippen molar-refractivity contribution in [2.75, 3.05) is 13.2 Å². The third kappa shape index (κ3) is 3.66. The number of hydrogen-bond donors (Lipinski definition) is 1. The average molecular weight is 346 g/mol. The van der Waals surface area contributed by atoms with Crippen molar-refractivity contribution in [3.63, 3.8) is 0 Å². The van der Waals surface area contributed by atoms with Crippen molar-refractivity contribution in [2.45, 2.75) is 37.5 Å². The first kappa shape index (κ1) is 15.2. The van der Waals surface area contributed by atoms with Crippen molar-refractivity contribution in [2.24, 2.45) is 0 Å². The summed E-state index contributed by atoms with van der Waals surface area (Å²) >= 11 is 3.51. The molecule has 1 unspecified atom stereocenters. The van der Waals surface area contributed by atoms with Gasteiger partial charge in [0.25, 0.3) is 0 Å². The maximum atomic E-state index is 12.2. The minimum absolute atomic E-state index is 0.104. The van der Waals surface area contributed by atoms with Gasteiger partial charge in [-0.05, 0) is 44.4 Å². The second-order valence-electron chi connectivity index (χ2n) is 5.15. The highest BCUT2D eigenvalue weighted by Crippen LogP contribution is 2.34. The Kier molecular flexibility index (Phi) is 5.17. The maximum Gasteiger partial charge on any atom is 0.0949 e. The molecule has 1 N–H and O–H groups in total. The van der Waals surface area contributed by atoms with E-state index in [1.807, 2.05) is 26.0 Å². The molecule has 1 aliphatic rings. The van der Waals surface area contributed by atoms with Gasteiger partial charge in [0.2, 0.25) is 0 Å². The second-order valence-corrected chi connectivity index (χ2v) is 7.81. The van der Waals surface area contributed by atoms with E-state index < -0.39 is 11.0 Å². The van der Waals surface area contributed by atoms with E-state index in [2.05, 4.69) is 32.8 Å². The predicted octanol–water partition coefficient (Wildman–Crippen LogP) is 3.12. The molecule has 0 aliphatic carbocycles. The zero-order chi connectivity index (χ0) is 13.9. The molecule has 1 aromatic rings. The highest BCUT2D eigenvalue weighted by molar-refractivity contribution is 9.10. The quantitative estimate of drug-likeness (QED) is 0.910. The van der Waals surface area contributed by atoms with Gasteiger partial charge in [-0.1, -0.05) is 28.1 Å². The van der Waals surface area contributed by atoms with Gasteiger partial charge in [0, 0.05) is 22.9 Å². The number of hydrogen-bond acceptors (Lipinski definition) is 2. The smallest absolute Gasteiger partial charge is 0.0949 e. The fourth-order valence-corrected chi connectivity index (χ4v) is 3.61. The molecule has 1 saturated heterocycles. The van der Waals surface area contributed by atoms with Crippen LogP contribution in [0.2, 0.25) is 0 Å². The molecule has 1 heterocycles. The van der Waals surface area contributed by atoms with E-state index in [1.165, 1.54) is 5.56 Å². The van der Waals surface area contributed by atoms with Crippen LogP contribution in [0.5, 0.6) is 0 Å². The maximum absolute atomic E-state index is 12.2. The van der Waals surface area contributed by atoms with Crippen molar-refractivity contribution in [3.8, 4) is 0 Å². The van der Waals surface area contributed by atoms with Crippen LogP contribution < -0.4 is 4.72 Å². The first-order valence-corrected chi connectivity index (χ1v) is 8.56. The molecule has 1 aromatic carbocycles. The van der Waals surface area contributed by atoms with Crippen LogP contribution in [-0.2, 0) is 21.3 Å².